The number of fused-ring (bicyclic) bond motifs is 1. The van der Waals surface area contributed by atoms with Crippen molar-refractivity contribution >= 4 is 34.6 Å². The number of rotatable bonds is 6. The Morgan fingerprint density at radius 2 is 1.90 bits per heavy atom. The highest BCUT2D eigenvalue weighted by Gasteiger charge is 2.08. The van der Waals surface area contributed by atoms with Crippen LogP contribution in [0.5, 0.6) is 0 Å². The molecule has 1 aromatic heterocycles. The maximum Gasteiger partial charge on any atom is 0.338 e. The molecule has 0 spiro atoms. The summed E-state index contributed by atoms with van der Waals surface area (Å²) in [5, 5.41) is 3.15. The molecule has 0 aliphatic heterocycles. The van der Waals surface area contributed by atoms with Gasteiger partial charge in [0.05, 0.1) is 23.1 Å². The molecule has 0 saturated carbocycles. The molecule has 0 aliphatic rings. The number of amides is 1. The van der Waals surface area contributed by atoms with Gasteiger partial charge in [-0.05, 0) is 55.8 Å². The van der Waals surface area contributed by atoms with Gasteiger partial charge in [0.1, 0.15) is 11.8 Å². The zero-order valence-electron chi connectivity index (χ0n) is 16.2. The molecule has 1 heterocycles. The van der Waals surface area contributed by atoms with Crippen LogP contribution < -0.4 is 10.7 Å². The van der Waals surface area contributed by atoms with Gasteiger partial charge in [0.25, 0.3) is 0 Å². The zero-order chi connectivity index (χ0) is 20.8. The Kier molecular flexibility index (Phi) is 6.24. The molecule has 6 heteroatoms. The smallest absolute Gasteiger partial charge is 0.338 e. The van der Waals surface area contributed by atoms with E-state index < -0.39 is 11.9 Å². The van der Waals surface area contributed by atoms with Gasteiger partial charge >= 0.3 is 5.97 Å². The Balaban J connectivity index is 1.68. The highest BCUT2D eigenvalue weighted by molar-refractivity contribution is 6.02. The van der Waals surface area contributed by atoms with Crippen LogP contribution in [-0.4, -0.2) is 18.5 Å². The lowest BCUT2D eigenvalue weighted by Gasteiger charge is -2.05. The number of ether oxygens (including phenoxy) is 1. The number of aryl methyl sites for hydroxylation is 1. The van der Waals surface area contributed by atoms with Crippen molar-refractivity contribution in [2.24, 2.45) is 0 Å². The van der Waals surface area contributed by atoms with E-state index in [0.717, 1.165) is 12.0 Å². The molecular formula is C23H21NO5. The van der Waals surface area contributed by atoms with Gasteiger partial charge in [-0.15, -0.1) is 0 Å². The highest BCUT2D eigenvalue weighted by atomic mass is 16.5. The normalized spacial score (nSPS) is 11.0. The van der Waals surface area contributed by atoms with E-state index in [2.05, 4.69) is 5.32 Å². The van der Waals surface area contributed by atoms with Gasteiger partial charge in [0, 0.05) is 11.8 Å². The van der Waals surface area contributed by atoms with Crippen molar-refractivity contribution in [2.75, 3.05) is 11.9 Å². The number of anilines is 1. The summed E-state index contributed by atoms with van der Waals surface area (Å²) >= 11 is 0. The summed E-state index contributed by atoms with van der Waals surface area (Å²) in [7, 11) is 0. The fourth-order valence-electron chi connectivity index (χ4n) is 2.69. The van der Waals surface area contributed by atoms with Crippen LogP contribution in [0.4, 0.5) is 5.69 Å². The predicted octanol–water partition coefficient (Wildman–Crippen LogP) is 4.32. The Labute approximate surface area is 167 Å². The van der Waals surface area contributed by atoms with Crippen molar-refractivity contribution in [1.29, 1.82) is 0 Å². The minimum atomic E-state index is -0.407. The molecule has 148 valence electrons. The number of esters is 1. The first-order valence-electron chi connectivity index (χ1n) is 9.26. The lowest BCUT2D eigenvalue weighted by molar-refractivity contribution is -0.111. The molecule has 0 atom stereocenters. The minimum absolute atomic E-state index is 0.200. The molecule has 0 aliphatic carbocycles. The first-order chi connectivity index (χ1) is 14.0. The number of hydrogen-bond donors (Lipinski definition) is 1. The summed E-state index contributed by atoms with van der Waals surface area (Å²) in [5.74, 6) is -0.807. The van der Waals surface area contributed by atoms with E-state index in [4.69, 9.17) is 9.15 Å². The maximum absolute atomic E-state index is 12.5. The second-order valence-electron chi connectivity index (χ2n) is 6.56. The van der Waals surface area contributed by atoms with Crippen molar-refractivity contribution in [1.82, 2.24) is 0 Å². The van der Waals surface area contributed by atoms with Crippen LogP contribution >= 0.6 is 0 Å². The third kappa shape index (κ3) is 4.99. The van der Waals surface area contributed by atoms with Gasteiger partial charge < -0.3 is 14.5 Å². The number of carbonyl (C=O) groups excluding carboxylic acids is 2. The van der Waals surface area contributed by atoms with Crippen molar-refractivity contribution in [3.05, 3.63) is 81.7 Å². The van der Waals surface area contributed by atoms with E-state index in [9.17, 15) is 14.4 Å². The molecule has 0 bridgehead atoms. The van der Waals surface area contributed by atoms with E-state index in [-0.39, 0.29) is 11.0 Å². The van der Waals surface area contributed by atoms with Gasteiger partial charge in [-0.2, -0.15) is 0 Å². The fraction of sp³-hybridized carbons (Fsp3) is 0.174. The van der Waals surface area contributed by atoms with Gasteiger partial charge in [-0.25, -0.2) is 4.79 Å². The molecule has 0 saturated heterocycles. The second kappa shape index (κ2) is 9.01. The Bertz CT molecular complexity index is 1130. The van der Waals surface area contributed by atoms with Crippen LogP contribution in [0.3, 0.4) is 0 Å². The lowest BCUT2D eigenvalue weighted by Crippen LogP contribution is -2.10. The quantitative estimate of drug-likeness (QED) is 0.500. The molecule has 0 fully saturated rings. The Morgan fingerprint density at radius 1 is 1.14 bits per heavy atom. The lowest BCUT2D eigenvalue weighted by atomic mass is 10.1. The topological polar surface area (TPSA) is 85.6 Å². The fourth-order valence-corrected chi connectivity index (χ4v) is 2.69. The molecule has 3 aromatic rings. The van der Waals surface area contributed by atoms with Gasteiger partial charge in [-0.3, -0.25) is 9.59 Å². The first-order valence-corrected chi connectivity index (χ1v) is 9.26. The standard InChI is InChI=1S/C23H21NO5/c1-3-12-28-23(27)16-5-8-18(9-6-16)24-21(25)11-7-17-14-29-20-10-4-15(2)13-19(20)22(17)26/h4-11,13-14H,3,12H2,1-2H3,(H,24,25)/b11-7+. The molecule has 3 rings (SSSR count). The van der Waals surface area contributed by atoms with Crippen molar-refractivity contribution in [3.63, 3.8) is 0 Å². The van der Waals surface area contributed by atoms with Gasteiger partial charge in [0.2, 0.25) is 5.91 Å². The van der Waals surface area contributed by atoms with Crippen molar-refractivity contribution in [2.45, 2.75) is 20.3 Å². The van der Waals surface area contributed by atoms with Gasteiger partial charge in [0.15, 0.2) is 5.43 Å². The van der Waals surface area contributed by atoms with E-state index in [0.29, 0.717) is 28.8 Å². The van der Waals surface area contributed by atoms with E-state index in [1.54, 1.807) is 36.4 Å². The summed E-state index contributed by atoms with van der Waals surface area (Å²) in [5.41, 5.74) is 2.47. The van der Waals surface area contributed by atoms with E-state index >= 15 is 0 Å². The van der Waals surface area contributed by atoms with Crippen LogP contribution in [0.15, 0.2) is 64.0 Å². The predicted molar refractivity (Wildman–Crippen MR) is 112 cm³/mol. The molecule has 1 amide bonds. The summed E-state index contributed by atoms with van der Waals surface area (Å²) in [6.45, 7) is 4.18. The molecule has 29 heavy (non-hydrogen) atoms. The average molecular weight is 391 g/mol. The zero-order valence-corrected chi connectivity index (χ0v) is 16.2. The monoisotopic (exact) mass is 391 g/mol. The molecule has 6 nitrogen and oxygen atoms in total. The van der Waals surface area contributed by atoms with E-state index in [1.165, 1.54) is 18.4 Å². The van der Waals surface area contributed by atoms with E-state index in [1.807, 2.05) is 19.9 Å². The summed E-state index contributed by atoms with van der Waals surface area (Å²) < 4.78 is 10.5. The first kappa shape index (κ1) is 20.1. The third-order valence-corrected chi connectivity index (χ3v) is 4.19. The number of hydrogen-bond acceptors (Lipinski definition) is 5. The molecule has 0 radical (unpaired) electrons. The average Bonchev–Trinajstić information content (AvgIpc) is 2.72. The number of nitrogens with one attached hydrogen (secondary N) is 1. The Morgan fingerprint density at radius 3 is 2.62 bits per heavy atom. The second-order valence-corrected chi connectivity index (χ2v) is 6.56. The van der Waals surface area contributed by atoms with Crippen LogP contribution in [-0.2, 0) is 9.53 Å². The molecule has 0 unspecified atom stereocenters. The highest BCUT2D eigenvalue weighted by Crippen LogP contribution is 2.14. The number of carbonyl (C=O) groups is 2. The summed E-state index contributed by atoms with van der Waals surface area (Å²) in [6.07, 6.45) is 4.76. The maximum atomic E-state index is 12.5. The van der Waals surface area contributed by atoms with Crippen molar-refractivity contribution in [3.8, 4) is 0 Å². The van der Waals surface area contributed by atoms with Crippen LogP contribution in [0.25, 0.3) is 17.0 Å². The molecule has 1 N–H and O–H groups in total. The van der Waals surface area contributed by atoms with Crippen molar-refractivity contribution < 1.29 is 18.7 Å². The van der Waals surface area contributed by atoms with Crippen LogP contribution in [0.1, 0.15) is 34.8 Å². The van der Waals surface area contributed by atoms with Crippen LogP contribution in [0, 0.1) is 6.92 Å². The van der Waals surface area contributed by atoms with Gasteiger partial charge in [-0.1, -0.05) is 18.6 Å². The minimum Gasteiger partial charge on any atom is -0.463 e. The number of benzene rings is 2. The SMILES string of the molecule is CCCOC(=O)c1ccc(NC(=O)/C=C/c2coc3ccc(C)cc3c2=O)cc1. The Hall–Kier alpha value is -3.67. The summed E-state index contributed by atoms with van der Waals surface area (Å²) in [4.78, 5) is 36.5. The summed E-state index contributed by atoms with van der Waals surface area (Å²) in [6, 6.07) is 11.8. The molecule has 2 aromatic carbocycles. The van der Waals surface area contributed by atoms with Crippen LogP contribution in [0.2, 0.25) is 0 Å². The molecular weight excluding hydrogens is 370 g/mol. The third-order valence-electron chi connectivity index (χ3n) is 4.19. The largest absolute Gasteiger partial charge is 0.463 e.